The van der Waals surface area contributed by atoms with Crippen LogP contribution in [0.15, 0.2) is 54.7 Å². The Morgan fingerprint density at radius 3 is 2.51 bits per heavy atom. The fraction of sp³-hybridized carbons (Fsp3) is 0.484. The molecule has 2 heterocycles. The van der Waals surface area contributed by atoms with Crippen molar-refractivity contribution in [2.45, 2.75) is 51.4 Å². The third-order valence-corrected chi connectivity index (χ3v) is 8.01. The van der Waals surface area contributed by atoms with Gasteiger partial charge in [-0.3, -0.25) is 9.78 Å². The molecule has 6 heteroatoms. The molecular formula is C31H41N3O3. The number of ether oxygens (including phenoxy) is 1. The standard InChI is InChI=1S/C31H41N3O3/c1-33(2)29-23-32-28-14-13-25(37-3)21-27(28)26(29)12-7-15-31(22-30(35)36)16-19-34(20-17-31)18-8-11-24-9-5-4-6-10-24/h4-6,9-10,13-14,21,23H,7-8,11-12,15-20,22H2,1-3H3,(H,35,36). The highest BCUT2D eigenvalue weighted by Crippen LogP contribution is 2.41. The number of piperidine rings is 1. The fourth-order valence-electron chi connectivity index (χ4n) is 5.87. The zero-order valence-electron chi connectivity index (χ0n) is 22.6. The summed E-state index contributed by atoms with van der Waals surface area (Å²) in [5.74, 6) is 0.152. The highest BCUT2D eigenvalue weighted by Gasteiger charge is 2.36. The van der Waals surface area contributed by atoms with E-state index in [1.165, 1.54) is 11.1 Å². The number of nitrogens with zero attached hydrogens (tertiary/aromatic N) is 3. The Morgan fingerprint density at radius 1 is 1.08 bits per heavy atom. The van der Waals surface area contributed by atoms with Crippen LogP contribution in [0.5, 0.6) is 5.75 Å². The van der Waals surface area contributed by atoms with Gasteiger partial charge in [0.05, 0.1) is 30.9 Å². The Balaban J connectivity index is 1.40. The molecule has 1 N–H and O–H groups in total. The largest absolute Gasteiger partial charge is 0.497 e. The molecule has 2 aromatic carbocycles. The fourth-order valence-corrected chi connectivity index (χ4v) is 5.87. The minimum absolute atomic E-state index is 0.124. The number of carbonyl (C=O) groups is 1. The van der Waals surface area contributed by atoms with Crippen LogP contribution in [0.3, 0.4) is 0 Å². The number of hydrogen-bond donors (Lipinski definition) is 1. The maximum absolute atomic E-state index is 11.9. The summed E-state index contributed by atoms with van der Waals surface area (Å²) in [6.45, 7) is 3.05. The van der Waals surface area contributed by atoms with E-state index in [0.29, 0.717) is 0 Å². The molecule has 198 valence electrons. The molecule has 1 fully saturated rings. The number of rotatable bonds is 12. The molecule has 0 radical (unpaired) electrons. The molecule has 0 bridgehead atoms. The van der Waals surface area contributed by atoms with Gasteiger partial charge in [-0.05, 0) is 99.3 Å². The molecule has 1 saturated heterocycles. The molecule has 0 saturated carbocycles. The van der Waals surface area contributed by atoms with Crippen LogP contribution in [-0.2, 0) is 17.6 Å². The first kappa shape index (κ1) is 26.9. The van der Waals surface area contributed by atoms with Crippen LogP contribution < -0.4 is 9.64 Å². The Bertz CT molecular complexity index is 1170. The molecule has 6 nitrogen and oxygen atoms in total. The number of aromatic nitrogens is 1. The van der Waals surface area contributed by atoms with Gasteiger partial charge in [-0.25, -0.2) is 0 Å². The zero-order valence-corrected chi connectivity index (χ0v) is 22.6. The van der Waals surface area contributed by atoms with E-state index in [-0.39, 0.29) is 11.8 Å². The minimum atomic E-state index is -0.675. The van der Waals surface area contributed by atoms with Gasteiger partial charge in [-0.15, -0.1) is 0 Å². The van der Waals surface area contributed by atoms with Gasteiger partial charge < -0.3 is 19.6 Å². The number of aliphatic carboxylic acids is 1. The number of anilines is 1. The summed E-state index contributed by atoms with van der Waals surface area (Å²) in [6.07, 6.45) is 9.13. The van der Waals surface area contributed by atoms with Crippen molar-refractivity contribution in [3.8, 4) is 5.75 Å². The molecule has 1 aromatic heterocycles. The number of likely N-dealkylation sites (tertiary alicyclic amines) is 1. The molecule has 0 amide bonds. The third-order valence-electron chi connectivity index (χ3n) is 8.01. The summed E-state index contributed by atoms with van der Waals surface area (Å²) in [4.78, 5) is 21.2. The third kappa shape index (κ3) is 7.01. The van der Waals surface area contributed by atoms with Gasteiger partial charge in [0, 0.05) is 19.5 Å². The lowest BCUT2D eigenvalue weighted by Crippen LogP contribution is -2.41. The van der Waals surface area contributed by atoms with Crippen LogP contribution in [0.1, 0.15) is 49.7 Å². The van der Waals surface area contributed by atoms with Crippen molar-refractivity contribution in [3.63, 3.8) is 0 Å². The Kier molecular flexibility index (Phi) is 9.04. The molecule has 0 atom stereocenters. The second-order valence-electron chi connectivity index (χ2n) is 10.8. The highest BCUT2D eigenvalue weighted by molar-refractivity contribution is 5.88. The molecule has 1 aliphatic heterocycles. The molecule has 4 rings (SSSR count). The van der Waals surface area contributed by atoms with Gasteiger partial charge in [0.1, 0.15) is 5.75 Å². The van der Waals surface area contributed by atoms with Gasteiger partial charge in [0.25, 0.3) is 0 Å². The van der Waals surface area contributed by atoms with Crippen LogP contribution in [0.2, 0.25) is 0 Å². The number of carboxylic acids is 1. The number of pyridine rings is 1. The number of aryl methyl sites for hydroxylation is 2. The van der Waals surface area contributed by atoms with Gasteiger partial charge >= 0.3 is 5.97 Å². The molecule has 0 aliphatic carbocycles. The maximum atomic E-state index is 11.9. The summed E-state index contributed by atoms with van der Waals surface area (Å²) in [7, 11) is 5.78. The lowest BCUT2D eigenvalue weighted by atomic mass is 9.72. The lowest BCUT2D eigenvalue weighted by molar-refractivity contribution is -0.140. The average molecular weight is 504 g/mol. The van der Waals surface area contributed by atoms with Crippen molar-refractivity contribution in [2.24, 2.45) is 5.41 Å². The highest BCUT2D eigenvalue weighted by atomic mass is 16.5. The van der Waals surface area contributed by atoms with Crippen LogP contribution in [0.4, 0.5) is 5.69 Å². The summed E-state index contributed by atoms with van der Waals surface area (Å²) in [5, 5.41) is 10.9. The smallest absolute Gasteiger partial charge is 0.303 e. The number of benzene rings is 2. The molecule has 3 aromatic rings. The summed E-state index contributed by atoms with van der Waals surface area (Å²) >= 11 is 0. The van der Waals surface area contributed by atoms with Gasteiger partial charge in [0.2, 0.25) is 0 Å². The second kappa shape index (κ2) is 12.4. The van der Waals surface area contributed by atoms with Crippen molar-refractivity contribution in [1.29, 1.82) is 0 Å². The Hall–Kier alpha value is -3.12. The van der Waals surface area contributed by atoms with Crippen molar-refractivity contribution in [1.82, 2.24) is 9.88 Å². The van der Waals surface area contributed by atoms with E-state index in [0.717, 1.165) is 86.9 Å². The van der Waals surface area contributed by atoms with Gasteiger partial charge in [-0.2, -0.15) is 0 Å². The van der Waals surface area contributed by atoms with E-state index in [1.807, 2.05) is 32.4 Å². The first-order valence-electron chi connectivity index (χ1n) is 13.5. The average Bonchev–Trinajstić information content (AvgIpc) is 2.89. The number of carboxylic acid groups (broad SMARTS) is 1. The normalized spacial score (nSPS) is 15.5. The molecule has 37 heavy (non-hydrogen) atoms. The summed E-state index contributed by atoms with van der Waals surface area (Å²) < 4.78 is 5.49. The predicted octanol–water partition coefficient (Wildman–Crippen LogP) is 5.82. The predicted molar refractivity (Wildman–Crippen MR) is 151 cm³/mol. The van der Waals surface area contributed by atoms with Crippen LogP contribution in [0.25, 0.3) is 10.9 Å². The van der Waals surface area contributed by atoms with E-state index >= 15 is 0 Å². The molecular weight excluding hydrogens is 462 g/mol. The molecule has 1 aliphatic rings. The Morgan fingerprint density at radius 2 is 1.84 bits per heavy atom. The second-order valence-corrected chi connectivity index (χ2v) is 10.8. The van der Waals surface area contributed by atoms with E-state index < -0.39 is 5.97 Å². The van der Waals surface area contributed by atoms with E-state index in [4.69, 9.17) is 4.74 Å². The minimum Gasteiger partial charge on any atom is -0.497 e. The summed E-state index contributed by atoms with van der Waals surface area (Å²) in [5.41, 5.74) is 4.60. The van der Waals surface area contributed by atoms with Crippen LogP contribution >= 0.6 is 0 Å². The quantitative estimate of drug-likeness (QED) is 0.336. The first-order valence-corrected chi connectivity index (χ1v) is 13.5. The first-order chi connectivity index (χ1) is 17.9. The molecule has 0 spiro atoms. The SMILES string of the molecule is COc1ccc2ncc(N(C)C)c(CCCC3(CC(=O)O)CCN(CCCc4ccccc4)CC3)c2c1. The van der Waals surface area contributed by atoms with Gasteiger partial charge in [-0.1, -0.05) is 30.3 Å². The summed E-state index contributed by atoms with van der Waals surface area (Å²) in [6, 6.07) is 16.7. The van der Waals surface area contributed by atoms with Crippen LogP contribution in [0, 0.1) is 5.41 Å². The van der Waals surface area contributed by atoms with E-state index in [2.05, 4.69) is 51.2 Å². The van der Waals surface area contributed by atoms with Crippen LogP contribution in [-0.4, -0.2) is 61.8 Å². The monoisotopic (exact) mass is 503 g/mol. The van der Waals surface area contributed by atoms with Gasteiger partial charge in [0.15, 0.2) is 0 Å². The van der Waals surface area contributed by atoms with Crippen molar-refractivity contribution >= 4 is 22.6 Å². The van der Waals surface area contributed by atoms with Crippen molar-refractivity contribution < 1.29 is 14.6 Å². The lowest BCUT2D eigenvalue weighted by Gasteiger charge is -2.41. The topological polar surface area (TPSA) is 65.9 Å². The van der Waals surface area contributed by atoms with Crippen molar-refractivity contribution in [2.75, 3.05) is 45.7 Å². The number of methoxy groups -OCH3 is 1. The zero-order chi connectivity index (χ0) is 26.3. The van der Waals surface area contributed by atoms with E-state index in [9.17, 15) is 9.90 Å². The molecule has 0 unspecified atom stereocenters. The maximum Gasteiger partial charge on any atom is 0.303 e. The Labute approximate surface area is 221 Å². The van der Waals surface area contributed by atoms with Crippen molar-refractivity contribution in [3.05, 3.63) is 65.9 Å². The number of hydrogen-bond acceptors (Lipinski definition) is 5. The number of fused-ring (bicyclic) bond motifs is 1. The van der Waals surface area contributed by atoms with E-state index in [1.54, 1.807) is 7.11 Å².